The number of methoxy groups -OCH3 is 1. The molecule has 104 valence electrons. The quantitative estimate of drug-likeness (QED) is 0.906. The van der Waals surface area contributed by atoms with Crippen molar-refractivity contribution in [3.05, 3.63) is 23.3 Å². The number of hydrogen-bond acceptors (Lipinski definition) is 4. The Morgan fingerprint density at radius 3 is 2.84 bits per heavy atom. The molecule has 1 aliphatic heterocycles. The summed E-state index contributed by atoms with van der Waals surface area (Å²) in [6.07, 6.45) is 0.0264. The van der Waals surface area contributed by atoms with E-state index in [1.54, 1.807) is 7.11 Å². The molecule has 0 aliphatic carbocycles. The van der Waals surface area contributed by atoms with Crippen LogP contribution in [0.2, 0.25) is 0 Å². The van der Waals surface area contributed by atoms with E-state index in [1.807, 2.05) is 26.0 Å². The average molecular weight is 266 g/mol. The molecule has 1 N–H and O–H groups in total. The second-order valence-corrected chi connectivity index (χ2v) is 5.23. The van der Waals surface area contributed by atoms with E-state index in [2.05, 4.69) is 0 Å². The zero-order valence-corrected chi connectivity index (χ0v) is 11.4. The fraction of sp³-hybridized carbons (Fsp3) is 0.500. The van der Waals surface area contributed by atoms with E-state index in [0.717, 1.165) is 16.9 Å². The molecule has 0 bridgehead atoms. The van der Waals surface area contributed by atoms with Gasteiger partial charge in [-0.25, -0.2) is 0 Å². The molecule has 19 heavy (non-hydrogen) atoms. The van der Waals surface area contributed by atoms with E-state index < -0.39 is 11.4 Å². The van der Waals surface area contributed by atoms with Crippen molar-refractivity contribution in [3.8, 4) is 11.5 Å². The minimum Gasteiger partial charge on any atom is -0.496 e. The largest absolute Gasteiger partial charge is 0.496 e. The number of aliphatic carboxylic acids is 1. The summed E-state index contributed by atoms with van der Waals surface area (Å²) in [6.45, 7) is 4.46. The summed E-state index contributed by atoms with van der Waals surface area (Å²) in [4.78, 5) is 11.0. The molecule has 0 spiro atoms. The Labute approximate surface area is 112 Å². The third-order valence-corrected chi connectivity index (χ3v) is 3.26. The predicted octanol–water partition coefficient (Wildman–Crippen LogP) is 2.31. The summed E-state index contributed by atoms with van der Waals surface area (Å²) < 4.78 is 16.0. The first-order valence-electron chi connectivity index (χ1n) is 6.08. The van der Waals surface area contributed by atoms with Crippen molar-refractivity contribution in [2.45, 2.75) is 32.3 Å². The monoisotopic (exact) mass is 266 g/mol. The molecule has 5 heteroatoms. The molecule has 0 atom stereocenters. The van der Waals surface area contributed by atoms with Crippen LogP contribution in [-0.4, -0.2) is 25.0 Å². The standard InChI is InChI=1S/C14H18O5/c1-14(2,6-13(15)16)10-5-11-9(4-12(10)17-3)7-18-8-19-11/h4-5H,6-8H2,1-3H3,(H,15,16). The van der Waals surface area contributed by atoms with Gasteiger partial charge < -0.3 is 19.3 Å². The van der Waals surface area contributed by atoms with Crippen LogP contribution in [0.15, 0.2) is 12.1 Å². The first-order chi connectivity index (χ1) is 8.94. The smallest absolute Gasteiger partial charge is 0.304 e. The average Bonchev–Trinajstić information content (AvgIpc) is 2.35. The normalized spacial score (nSPS) is 14.5. The summed E-state index contributed by atoms with van der Waals surface area (Å²) in [5.74, 6) is 0.564. The van der Waals surface area contributed by atoms with Crippen LogP contribution in [0.1, 0.15) is 31.4 Å². The van der Waals surface area contributed by atoms with Crippen LogP contribution in [0.25, 0.3) is 0 Å². The summed E-state index contributed by atoms with van der Waals surface area (Å²) in [5, 5.41) is 9.02. The van der Waals surface area contributed by atoms with Gasteiger partial charge in [-0.1, -0.05) is 13.8 Å². The zero-order chi connectivity index (χ0) is 14.0. The molecule has 1 heterocycles. The van der Waals surface area contributed by atoms with Crippen molar-refractivity contribution in [2.24, 2.45) is 0 Å². The maximum Gasteiger partial charge on any atom is 0.304 e. The van der Waals surface area contributed by atoms with Crippen LogP contribution in [-0.2, 0) is 21.6 Å². The minimum atomic E-state index is -0.839. The number of ether oxygens (including phenoxy) is 3. The van der Waals surface area contributed by atoms with Gasteiger partial charge in [0.25, 0.3) is 0 Å². The lowest BCUT2D eigenvalue weighted by Gasteiger charge is -2.28. The molecule has 5 nitrogen and oxygen atoms in total. The zero-order valence-electron chi connectivity index (χ0n) is 11.4. The summed E-state index contributed by atoms with van der Waals surface area (Å²) in [6, 6.07) is 3.72. The lowest BCUT2D eigenvalue weighted by molar-refractivity contribution is -0.138. The number of carboxylic acid groups (broad SMARTS) is 1. The number of rotatable bonds is 4. The highest BCUT2D eigenvalue weighted by Gasteiger charge is 2.29. The molecular weight excluding hydrogens is 248 g/mol. The molecule has 1 aromatic rings. The van der Waals surface area contributed by atoms with Gasteiger partial charge in [-0.15, -0.1) is 0 Å². The summed E-state index contributed by atoms with van der Waals surface area (Å²) in [5.41, 5.74) is 1.21. The molecule has 1 aromatic carbocycles. The molecule has 0 unspecified atom stereocenters. The van der Waals surface area contributed by atoms with Crippen molar-refractivity contribution >= 4 is 5.97 Å². The Kier molecular flexibility index (Phi) is 3.66. The Morgan fingerprint density at radius 2 is 2.21 bits per heavy atom. The number of hydrogen-bond donors (Lipinski definition) is 1. The highest BCUT2D eigenvalue weighted by atomic mass is 16.7. The van der Waals surface area contributed by atoms with Gasteiger partial charge in [0, 0.05) is 16.5 Å². The second-order valence-electron chi connectivity index (χ2n) is 5.23. The van der Waals surface area contributed by atoms with Crippen molar-refractivity contribution in [1.82, 2.24) is 0 Å². The van der Waals surface area contributed by atoms with E-state index in [-0.39, 0.29) is 13.2 Å². The number of fused-ring (bicyclic) bond motifs is 1. The summed E-state index contributed by atoms with van der Waals surface area (Å²) in [7, 11) is 1.58. The molecule has 0 amide bonds. The number of carbonyl (C=O) groups is 1. The molecule has 0 fully saturated rings. The fourth-order valence-corrected chi connectivity index (χ4v) is 2.28. The van der Waals surface area contributed by atoms with E-state index in [4.69, 9.17) is 19.3 Å². The molecule has 1 aliphatic rings. The molecule has 0 saturated heterocycles. The second kappa shape index (κ2) is 5.09. The van der Waals surface area contributed by atoms with Gasteiger partial charge >= 0.3 is 5.97 Å². The number of carboxylic acids is 1. The van der Waals surface area contributed by atoms with Crippen molar-refractivity contribution in [2.75, 3.05) is 13.9 Å². The maximum atomic E-state index is 11.0. The maximum absolute atomic E-state index is 11.0. The Bertz CT molecular complexity index is 493. The van der Waals surface area contributed by atoms with Crippen LogP contribution >= 0.6 is 0 Å². The van der Waals surface area contributed by atoms with Gasteiger partial charge in [-0.2, -0.15) is 0 Å². The lowest BCUT2D eigenvalue weighted by atomic mass is 9.80. The van der Waals surface area contributed by atoms with Gasteiger partial charge in [0.2, 0.25) is 0 Å². The third kappa shape index (κ3) is 2.81. The van der Waals surface area contributed by atoms with Crippen molar-refractivity contribution < 1.29 is 24.1 Å². The topological polar surface area (TPSA) is 65.0 Å². The van der Waals surface area contributed by atoms with Crippen LogP contribution < -0.4 is 9.47 Å². The first-order valence-corrected chi connectivity index (χ1v) is 6.08. The Balaban J connectivity index is 2.46. The van der Waals surface area contributed by atoms with E-state index in [0.29, 0.717) is 12.4 Å². The summed E-state index contributed by atoms with van der Waals surface area (Å²) >= 11 is 0. The predicted molar refractivity (Wildman–Crippen MR) is 68.6 cm³/mol. The molecule has 0 saturated carbocycles. The van der Waals surface area contributed by atoms with Gasteiger partial charge in [0.15, 0.2) is 6.79 Å². The van der Waals surface area contributed by atoms with Crippen LogP contribution in [0.4, 0.5) is 0 Å². The van der Waals surface area contributed by atoms with Crippen LogP contribution in [0.3, 0.4) is 0 Å². The van der Waals surface area contributed by atoms with Gasteiger partial charge in [0.1, 0.15) is 11.5 Å². The molecule has 2 rings (SSSR count). The fourth-order valence-electron chi connectivity index (χ4n) is 2.28. The van der Waals surface area contributed by atoms with E-state index in [1.165, 1.54) is 0 Å². The van der Waals surface area contributed by atoms with E-state index in [9.17, 15) is 4.79 Å². The van der Waals surface area contributed by atoms with Crippen LogP contribution in [0.5, 0.6) is 11.5 Å². The minimum absolute atomic E-state index is 0.0264. The Hall–Kier alpha value is -1.75. The molecular formula is C14H18O5. The first kappa shape index (κ1) is 13.7. The van der Waals surface area contributed by atoms with Gasteiger partial charge in [-0.3, -0.25) is 4.79 Å². The van der Waals surface area contributed by atoms with Gasteiger partial charge in [0.05, 0.1) is 20.1 Å². The SMILES string of the molecule is COc1cc2c(cc1C(C)(C)CC(=O)O)OCOC2. The Morgan fingerprint density at radius 1 is 1.47 bits per heavy atom. The molecule has 0 radical (unpaired) electrons. The van der Waals surface area contributed by atoms with Crippen LogP contribution in [0, 0.1) is 0 Å². The van der Waals surface area contributed by atoms with Gasteiger partial charge in [-0.05, 0) is 12.1 Å². The third-order valence-electron chi connectivity index (χ3n) is 3.26. The lowest BCUT2D eigenvalue weighted by Crippen LogP contribution is -2.23. The highest BCUT2D eigenvalue weighted by Crippen LogP contribution is 2.39. The highest BCUT2D eigenvalue weighted by molar-refractivity contribution is 5.69. The number of benzene rings is 1. The van der Waals surface area contributed by atoms with Crippen molar-refractivity contribution in [3.63, 3.8) is 0 Å². The molecule has 0 aromatic heterocycles. The van der Waals surface area contributed by atoms with E-state index >= 15 is 0 Å². The van der Waals surface area contributed by atoms with Crippen molar-refractivity contribution in [1.29, 1.82) is 0 Å².